The van der Waals surface area contributed by atoms with Gasteiger partial charge in [-0.15, -0.1) is 0 Å². The highest BCUT2D eigenvalue weighted by Crippen LogP contribution is 2.45. The Hall–Kier alpha value is -2.19. The largest absolute Gasteiger partial charge is 0.481 e. The molecule has 0 aromatic carbocycles. The maximum absolute atomic E-state index is 13.0. The zero-order valence-corrected chi connectivity index (χ0v) is 10.5. The molecular weight excluding hydrogens is 296 g/mol. The molecule has 21 heavy (non-hydrogen) atoms. The first-order chi connectivity index (χ1) is 9.67. The van der Waals surface area contributed by atoms with Crippen LogP contribution in [-0.4, -0.2) is 46.1 Å². The van der Waals surface area contributed by atoms with Crippen molar-refractivity contribution in [3.05, 3.63) is 29.8 Å². The fourth-order valence-electron chi connectivity index (χ4n) is 2.22. The lowest BCUT2D eigenvalue weighted by atomic mass is 9.86. The van der Waals surface area contributed by atoms with Gasteiger partial charge in [0.05, 0.1) is 11.8 Å². The van der Waals surface area contributed by atoms with Crippen LogP contribution in [0.4, 0.5) is 17.6 Å². The van der Waals surface area contributed by atoms with E-state index in [1.165, 1.54) is 0 Å². The second-order valence-corrected chi connectivity index (χ2v) is 4.75. The summed E-state index contributed by atoms with van der Waals surface area (Å²) in [5, 5.41) is 8.88. The third-order valence-corrected chi connectivity index (χ3v) is 3.46. The lowest BCUT2D eigenvalue weighted by Crippen LogP contribution is -2.47. The minimum absolute atomic E-state index is 0.224. The summed E-state index contributed by atoms with van der Waals surface area (Å²) in [5.74, 6) is -3.71. The van der Waals surface area contributed by atoms with Gasteiger partial charge in [0.15, 0.2) is 5.41 Å². The molecule has 0 bridgehead atoms. The van der Waals surface area contributed by atoms with Gasteiger partial charge in [-0.25, -0.2) is 4.39 Å². The lowest BCUT2D eigenvalue weighted by molar-refractivity contribution is -0.227. The fraction of sp³-hybridized carbons (Fsp3) is 0.417. The van der Waals surface area contributed by atoms with Gasteiger partial charge >= 0.3 is 12.1 Å². The third kappa shape index (κ3) is 2.55. The van der Waals surface area contributed by atoms with Crippen molar-refractivity contribution in [1.29, 1.82) is 0 Å². The van der Waals surface area contributed by atoms with Crippen molar-refractivity contribution in [2.24, 2.45) is 5.41 Å². The molecule has 1 saturated heterocycles. The molecule has 114 valence electrons. The highest BCUT2D eigenvalue weighted by molar-refractivity contribution is 5.94. The smallest absolute Gasteiger partial charge is 0.406 e. The molecule has 0 spiro atoms. The van der Waals surface area contributed by atoms with E-state index in [0.29, 0.717) is 0 Å². The average Bonchev–Trinajstić information content (AvgIpc) is 2.83. The first-order valence-electron chi connectivity index (χ1n) is 5.87. The van der Waals surface area contributed by atoms with Gasteiger partial charge in [-0.3, -0.25) is 14.6 Å². The summed E-state index contributed by atoms with van der Waals surface area (Å²) in [5.41, 5.74) is -3.21. The predicted molar refractivity (Wildman–Crippen MR) is 60.8 cm³/mol. The van der Waals surface area contributed by atoms with E-state index >= 15 is 0 Å². The van der Waals surface area contributed by atoms with Crippen LogP contribution in [0.2, 0.25) is 0 Å². The maximum atomic E-state index is 13.0. The molecule has 1 amide bonds. The Morgan fingerprint density at radius 2 is 2.00 bits per heavy atom. The lowest BCUT2D eigenvalue weighted by Gasteiger charge is -2.27. The van der Waals surface area contributed by atoms with E-state index in [4.69, 9.17) is 5.11 Å². The quantitative estimate of drug-likeness (QED) is 0.844. The number of carbonyl (C=O) groups is 2. The summed E-state index contributed by atoms with van der Waals surface area (Å²) in [6.45, 7) is -1.37. The second-order valence-electron chi connectivity index (χ2n) is 4.75. The van der Waals surface area contributed by atoms with Crippen LogP contribution in [-0.2, 0) is 4.79 Å². The number of likely N-dealkylation sites (tertiary alicyclic amines) is 1. The van der Waals surface area contributed by atoms with Crippen LogP contribution in [0.25, 0.3) is 0 Å². The van der Waals surface area contributed by atoms with Crippen LogP contribution in [0.1, 0.15) is 16.8 Å². The molecule has 5 nitrogen and oxygen atoms in total. The highest BCUT2D eigenvalue weighted by atomic mass is 19.4. The van der Waals surface area contributed by atoms with Crippen molar-refractivity contribution in [3.8, 4) is 0 Å². The number of nitrogens with zero attached hydrogens (tertiary/aromatic N) is 2. The topological polar surface area (TPSA) is 70.5 Å². The van der Waals surface area contributed by atoms with E-state index in [0.717, 1.165) is 23.4 Å². The fourth-order valence-corrected chi connectivity index (χ4v) is 2.22. The van der Waals surface area contributed by atoms with E-state index in [2.05, 4.69) is 4.98 Å². The molecule has 0 radical (unpaired) electrons. The molecule has 1 aromatic heterocycles. The predicted octanol–water partition coefficient (Wildman–Crippen LogP) is 1.70. The molecule has 1 fully saturated rings. The zero-order chi connectivity index (χ0) is 15.8. The number of carbonyl (C=O) groups excluding carboxylic acids is 1. The molecule has 9 heteroatoms. The zero-order valence-electron chi connectivity index (χ0n) is 10.5. The van der Waals surface area contributed by atoms with Crippen molar-refractivity contribution in [3.63, 3.8) is 0 Å². The Labute approximate surface area is 116 Å². The van der Waals surface area contributed by atoms with E-state index in [1.807, 2.05) is 0 Å². The first kappa shape index (κ1) is 15.2. The molecule has 1 aliphatic heterocycles. The van der Waals surface area contributed by atoms with Crippen molar-refractivity contribution in [1.82, 2.24) is 9.88 Å². The Morgan fingerprint density at radius 3 is 2.48 bits per heavy atom. The number of aliphatic carboxylic acids is 1. The number of amides is 1. The van der Waals surface area contributed by atoms with Gasteiger partial charge in [0.25, 0.3) is 5.91 Å². The number of halogens is 4. The Bertz CT molecular complexity index is 590. The molecule has 1 N–H and O–H groups in total. The van der Waals surface area contributed by atoms with Crippen molar-refractivity contribution in [2.45, 2.75) is 12.6 Å². The average molecular weight is 306 g/mol. The Morgan fingerprint density at radius 1 is 1.33 bits per heavy atom. The van der Waals surface area contributed by atoms with Gasteiger partial charge in [0, 0.05) is 19.3 Å². The molecule has 1 aromatic rings. The van der Waals surface area contributed by atoms with Gasteiger partial charge in [0.1, 0.15) is 5.82 Å². The van der Waals surface area contributed by atoms with E-state index < -0.39 is 42.3 Å². The van der Waals surface area contributed by atoms with Crippen LogP contribution < -0.4 is 0 Å². The van der Waals surface area contributed by atoms with Crippen molar-refractivity contribution in [2.75, 3.05) is 13.1 Å². The van der Waals surface area contributed by atoms with Crippen molar-refractivity contribution < 1.29 is 32.3 Å². The molecule has 1 unspecified atom stereocenters. The van der Waals surface area contributed by atoms with Crippen LogP contribution in [0.15, 0.2) is 18.5 Å². The van der Waals surface area contributed by atoms with Crippen molar-refractivity contribution >= 4 is 11.9 Å². The van der Waals surface area contributed by atoms with Gasteiger partial charge in [-0.05, 0) is 12.5 Å². The van der Waals surface area contributed by atoms with E-state index in [9.17, 15) is 27.2 Å². The van der Waals surface area contributed by atoms with Crippen LogP contribution in [0, 0.1) is 11.2 Å². The van der Waals surface area contributed by atoms with Gasteiger partial charge < -0.3 is 10.0 Å². The minimum Gasteiger partial charge on any atom is -0.481 e. The first-order valence-corrected chi connectivity index (χ1v) is 5.87. The van der Waals surface area contributed by atoms with Gasteiger partial charge in [0.2, 0.25) is 0 Å². The maximum Gasteiger partial charge on any atom is 0.406 e. The standard InChI is InChI=1S/C12H10F4N2O3/c13-8-3-7(4-17-5-8)9(19)18-2-1-11(6-18,10(20)21)12(14,15)16/h3-5H,1-2,6H2,(H,20,21). The molecular formula is C12H10F4N2O3. The SMILES string of the molecule is O=C(c1cncc(F)c1)N1CCC(C(=O)O)(C(F)(F)F)C1. The summed E-state index contributed by atoms with van der Waals surface area (Å²) < 4.78 is 51.9. The summed E-state index contributed by atoms with van der Waals surface area (Å²) >= 11 is 0. The number of aromatic nitrogens is 1. The number of hydrogen-bond donors (Lipinski definition) is 1. The Kier molecular flexibility index (Phi) is 3.60. The van der Waals surface area contributed by atoms with E-state index in [-0.39, 0.29) is 12.1 Å². The normalized spacial score (nSPS) is 22.4. The monoisotopic (exact) mass is 306 g/mol. The molecule has 0 aliphatic carbocycles. The minimum atomic E-state index is -4.98. The molecule has 1 aliphatic rings. The number of alkyl halides is 3. The van der Waals surface area contributed by atoms with Gasteiger partial charge in [-0.1, -0.05) is 0 Å². The number of hydrogen-bond acceptors (Lipinski definition) is 3. The molecule has 2 rings (SSSR count). The van der Waals surface area contributed by atoms with E-state index in [1.54, 1.807) is 0 Å². The van der Waals surface area contributed by atoms with Crippen LogP contribution >= 0.6 is 0 Å². The molecule has 0 saturated carbocycles. The Balaban J connectivity index is 2.26. The van der Waals surface area contributed by atoms with Crippen LogP contribution in [0.5, 0.6) is 0 Å². The van der Waals surface area contributed by atoms with Crippen LogP contribution in [0.3, 0.4) is 0 Å². The molecule has 1 atom stereocenters. The second kappa shape index (κ2) is 4.97. The third-order valence-electron chi connectivity index (χ3n) is 3.46. The molecule has 2 heterocycles. The van der Waals surface area contributed by atoms with Gasteiger partial charge in [-0.2, -0.15) is 13.2 Å². The summed E-state index contributed by atoms with van der Waals surface area (Å²) in [6.07, 6.45) is -3.86. The number of rotatable bonds is 2. The number of carboxylic acids is 1. The summed E-state index contributed by atoms with van der Waals surface area (Å²) in [4.78, 5) is 27.2. The summed E-state index contributed by atoms with van der Waals surface area (Å²) in [6, 6.07) is 0.837. The summed E-state index contributed by atoms with van der Waals surface area (Å²) in [7, 11) is 0. The number of carboxylic acid groups (broad SMARTS) is 1. The number of pyridine rings is 1. The highest BCUT2D eigenvalue weighted by Gasteiger charge is 2.64.